The van der Waals surface area contributed by atoms with Crippen LogP contribution >= 0.6 is 0 Å². The molecule has 4 aromatic rings. The van der Waals surface area contributed by atoms with Gasteiger partial charge in [-0.25, -0.2) is 0 Å². The van der Waals surface area contributed by atoms with Crippen LogP contribution < -0.4 is 49.6 Å². The Hall–Kier alpha value is -3.63. The summed E-state index contributed by atoms with van der Waals surface area (Å²) < 4.78 is 17.9. The normalized spacial score (nSPS) is 11.5. The maximum Gasteiger partial charge on any atom is 1.00 e. The van der Waals surface area contributed by atoms with Crippen LogP contribution in [0.25, 0.3) is 22.3 Å². The molecule has 1 aromatic heterocycles. The number of benzene rings is 3. The Morgan fingerprint density at radius 1 is 0.907 bits per heavy atom. The number of phenolic OH excluding ortho intramolecular Hbond substituents is 1. The summed E-state index contributed by atoms with van der Waals surface area (Å²) in [6.07, 6.45) is 1.47. The summed E-state index contributed by atoms with van der Waals surface area (Å²) in [5.74, 6) is -0.541. The third-order valence-corrected chi connectivity index (χ3v) is 6.84. The molecule has 0 fully saturated rings. The molecule has 0 saturated carbocycles. The molecule has 0 saturated heterocycles. The molecule has 0 radical (unpaired) electrons. The van der Waals surface area contributed by atoms with Crippen molar-refractivity contribution < 1.29 is 68.4 Å². The average molecular weight is 597 g/mol. The number of carboxylic acid groups (broad SMARTS) is 1. The number of aliphatic hydroxyl groups excluding tert-OH is 1. The van der Waals surface area contributed by atoms with Gasteiger partial charge in [0.1, 0.15) is 47.9 Å². The summed E-state index contributed by atoms with van der Waals surface area (Å²) in [5, 5.41) is 32.7. The monoisotopic (exact) mass is 596 g/mol. The second kappa shape index (κ2) is 15.2. The van der Waals surface area contributed by atoms with E-state index < -0.39 is 12.1 Å². The molecule has 0 spiro atoms. The Morgan fingerprint density at radius 2 is 1.49 bits per heavy atom. The Morgan fingerprint density at radius 3 is 2.07 bits per heavy atom. The number of hydrogen-bond acceptors (Lipinski definition) is 9. The first-order chi connectivity index (χ1) is 20.1. The molecular formula is C33H33NaO9. The number of ether oxygens (including phenoxy) is 2. The van der Waals surface area contributed by atoms with Gasteiger partial charge in [-0.15, -0.1) is 0 Å². The third-order valence-electron chi connectivity index (χ3n) is 6.84. The molecule has 2 N–H and O–H groups in total. The number of rotatable bonds is 13. The van der Waals surface area contributed by atoms with Crippen LogP contribution in [0.3, 0.4) is 0 Å². The zero-order valence-corrected chi connectivity index (χ0v) is 26.8. The fraction of sp³-hybridized carbons (Fsp3) is 0.303. The number of hydrogen-bond donors (Lipinski definition) is 2. The Balaban J connectivity index is 0.00000506. The predicted molar refractivity (Wildman–Crippen MR) is 155 cm³/mol. The number of aromatic carboxylic acids is 1. The number of Topliss-reactive ketones (excluding diaryl/α,β-unsaturated/α-hetero) is 1. The zero-order chi connectivity index (χ0) is 30.4. The Labute approximate surface area is 271 Å². The minimum atomic E-state index is -1.30. The van der Waals surface area contributed by atoms with E-state index in [1.54, 1.807) is 30.3 Å². The molecule has 220 valence electrons. The molecule has 0 bridgehead atoms. The topological polar surface area (TPSA) is 146 Å². The molecule has 0 aliphatic heterocycles. The van der Waals surface area contributed by atoms with Crippen molar-refractivity contribution >= 4 is 22.7 Å². The Kier molecular flexibility index (Phi) is 12.0. The van der Waals surface area contributed by atoms with Gasteiger partial charge >= 0.3 is 29.6 Å². The van der Waals surface area contributed by atoms with Crippen LogP contribution in [0.5, 0.6) is 17.2 Å². The number of aryl methyl sites for hydroxylation is 1. The van der Waals surface area contributed by atoms with Gasteiger partial charge in [-0.3, -0.25) is 9.59 Å². The van der Waals surface area contributed by atoms with E-state index in [-0.39, 0.29) is 76.6 Å². The summed E-state index contributed by atoms with van der Waals surface area (Å²) in [7, 11) is 0. The molecule has 0 aliphatic carbocycles. The molecule has 0 amide bonds. The number of aromatic hydroxyl groups is 1. The van der Waals surface area contributed by atoms with E-state index in [1.807, 2.05) is 13.8 Å². The molecule has 9 nitrogen and oxygen atoms in total. The van der Waals surface area contributed by atoms with Gasteiger partial charge in [0.15, 0.2) is 11.2 Å². The molecule has 43 heavy (non-hydrogen) atoms. The second-order valence-electron chi connectivity index (χ2n) is 10.0. The first kappa shape index (κ1) is 33.9. The van der Waals surface area contributed by atoms with Crippen molar-refractivity contribution in [3.05, 3.63) is 87.1 Å². The van der Waals surface area contributed by atoms with E-state index in [2.05, 4.69) is 0 Å². The van der Waals surface area contributed by atoms with Crippen LogP contribution in [0.4, 0.5) is 0 Å². The molecule has 1 unspecified atom stereocenters. The maximum atomic E-state index is 13.0. The van der Waals surface area contributed by atoms with E-state index in [9.17, 15) is 29.7 Å². The molecule has 1 atom stereocenters. The van der Waals surface area contributed by atoms with E-state index in [1.165, 1.54) is 31.2 Å². The number of carbonyl (C=O) groups excluding carboxylic acids is 2. The number of aliphatic hydroxyl groups is 1. The molecule has 4 rings (SSSR count). The third kappa shape index (κ3) is 7.86. The Bertz CT molecular complexity index is 1660. The fourth-order valence-electron chi connectivity index (χ4n) is 4.74. The van der Waals surface area contributed by atoms with Gasteiger partial charge in [0.2, 0.25) is 0 Å². The average Bonchev–Trinajstić information content (AvgIpc) is 2.97. The molecule has 1 heterocycles. The molecule has 10 heteroatoms. The minimum absolute atomic E-state index is 0. The summed E-state index contributed by atoms with van der Waals surface area (Å²) in [6.45, 7) is 5.08. The quantitative estimate of drug-likeness (QED) is 0.173. The predicted octanol–water partition coefficient (Wildman–Crippen LogP) is 1.46. The standard InChI is InChI=1S/C33H34O9.Na/c1-4-6-25-28(14-12-23(19(3)34)31(25)37)40-17-22(35)18-41-29-15-13-24-27(36)16-30(42-32(24)26(29)7-5-2)20-8-10-21(11-9-20)33(38)39;/h8-16,22,35,37H,4-7,17-18H2,1-3H3,(H,38,39);/q;+1/p-1. The van der Waals surface area contributed by atoms with Gasteiger partial charge in [-0.2, -0.15) is 0 Å². The van der Waals surface area contributed by atoms with Crippen LogP contribution in [-0.4, -0.2) is 41.3 Å². The van der Waals surface area contributed by atoms with Crippen LogP contribution in [0.1, 0.15) is 65.5 Å². The van der Waals surface area contributed by atoms with E-state index in [0.717, 1.165) is 12.8 Å². The zero-order valence-electron chi connectivity index (χ0n) is 24.8. The smallest absolute Gasteiger partial charge is 0.545 e. The van der Waals surface area contributed by atoms with Crippen molar-refractivity contribution in [1.29, 1.82) is 0 Å². The first-order valence-corrected chi connectivity index (χ1v) is 13.9. The van der Waals surface area contributed by atoms with Crippen molar-refractivity contribution in [2.45, 2.75) is 52.6 Å². The van der Waals surface area contributed by atoms with E-state index >= 15 is 0 Å². The summed E-state index contributed by atoms with van der Waals surface area (Å²) in [5.41, 5.74) is 2.05. The number of carbonyl (C=O) groups is 2. The maximum absolute atomic E-state index is 13.0. The van der Waals surface area contributed by atoms with Gasteiger partial charge in [0.25, 0.3) is 0 Å². The number of ketones is 1. The van der Waals surface area contributed by atoms with Crippen LogP contribution in [0.2, 0.25) is 0 Å². The molecule has 3 aromatic carbocycles. The van der Waals surface area contributed by atoms with Crippen LogP contribution in [0, 0.1) is 0 Å². The van der Waals surface area contributed by atoms with Crippen LogP contribution in [-0.2, 0) is 12.8 Å². The van der Waals surface area contributed by atoms with Crippen molar-refractivity contribution in [2.75, 3.05) is 13.2 Å². The number of fused-ring (bicyclic) bond motifs is 1. The van der Waals surface area contributed by atoms with Gasteiger partial charge in [-0.05, 0) is 49.6 Å². The van der Waals surface area contributed by atoms with Crippen molar-refractivity contribution in [3.63, 3.8) is 0 Å². The largest absolute Gasteiger partial charge is 1.00 e. The van der Waals surface area contributed by atoms with Crippen molar-refractivity contribution in [1.82, 2.24) is 0 Å². The van der Waals surface area contributed by atoms with Crippen LogP contribution in [0.15, 0.2) is 63.8 Å². The molecular weight excluding hydrogens is 563 g/mol. The van der Waals surface area contributed by atoms with Gasteiger partial charge < -0.3 is 34.0 Å². The fourth-order valence-corrected chi connectivity index (χ4v) is 4.74. The van der Waals surface area contributed by atoms with E-state index in [4.69, 9.17) is 13.9 Å². The number of carboxylic acids is 1. The minimum Gasteiger partial charge on any atom is -0.545 e. The summed E-state index contributed by atoms with van der Waals surface area (Å²) in [4.78, 5) is 35.9. The van der Waals surface area contributed by atoms with Crippen molar-refractivity contribution in [3.8, 4) is 28.6 Å². The van der Waals surface area contributed by atoms with E-state index in [0.29, 0.717) is 52.0 Å². The van der Waals surface area contributed by atoms with Crippen molar-refractivity contribution in [2.24, 2.45) is 0 Å². The summed E-state index contributed by atoms with van der Waals surface area (Å²) >= 11 is 0. The molecule has 0 aliphatic rings. The number of phenols is 1. The van der Waals surface area contributed by atoms with Gasteiger partial charge in [-0.1, -0.05) is 51.0 Å². The summed E-state index contributed by atoms with van der Waals surface area (Å²) in [6, 6.07) is 13.6. The van der Waals surface area contributed by atoms with Gasteiger partial charge in [0, 0.05) is 22.8 Å². The second-order valence-corrected chi connectivity index (χ2v) is 10.0. The van der Waals surface area contributed by atoms with Gasteiger partial charge in [0.05, 0.1) is 16.9 Å². The first-order valence-electron chi connectivity index (χ1n) is 13.9. The SMILES string of the molecule is CCCc1c(OCC(O)COc2ccc3c(=O)cc(-c4ccc(C(=O)[O-])cc4)oc3c2CCC)ccc(C(C)=O)c1O.[Na+].